The highest BCUT2D eigenvalue weighted by atomic mass is 16.1. The van der Waals surface area contributed by atoms with Crippen LogP contribution in [0.2, 0.25) is 0 Å². The topological polar surface area (TPSA) is 175 Å². The number of benzene rings is 2. The number of carbonyl (C=O) groups is 1. The monoisotopic (exact) mass is 428 g/mol. The summed E-state index contributed by atoms with van der Waals surface area (Å²) in [6.07, 6.45) is 0. The number of carbonyl (C=O) groups excluding carboxylic acids is 1. The Kier molecular flexibility index (Phi) is 5.29. The minimum Gasteiger partial charge on any atom is -0.382 e. The predicted octanol–water partition coefficient (Wildman–Crippen LogP) is 4.82. The zero-order valence-electron chi connectivity index (χ0n) is 17.4. The van der Waals surface area contributed by atoms with Crippen molar-refractivity contribution >= 4 is 51.6 Å². The molecule has 0 bridgehead atoms. The van der Waals surface area contributed by atoms with E-state index in [0.717, 1.165) is 5.56 Å². The zero-order chi connectivity index (χ0) is 22.8. The van der Waals surface area contributed by atoms with E-state index in [4.69, 9.17) is 17.2 Å². The van der Waals surface area contributed by atoms with Gasteiger partial charge in [-0.2, -0.15) is 14.7 Å². The van der Waals surface area contributed by atoms with Gasteiger partial charge in [0.1, 0.15) is 0 Å². The van der Waals surface area contributed by atoms with Gasteiger partial charge in [0.25, 0.3) is 0 Å². The molecule has 4 aromatic rings. The summed E-state index contributed by atoms with van der Waals surface area (Å²) in [5, 5.41) is 20.8. The third-order valence-electron chi connectivity index (χ3n) is 4.64. The summed E-state index contributed by atoms with van der Waals surface area (Å²) in [7, 11) is 0. The van der Waals surface area contributed by atoms with Crippen LogP contribution in [0.1, 0.15) is 22.8 Å². The number of rotatable bonds is 5. The highest BCUT2D eigenvalue weighted by Crippen LogP contribution is 2.36. The van der Waals surface area contributed by atoms with Gasteiger partial charge in [0.2, 0.25) is 0 Å². The maximum atomic E-state index is 11.4. The first-order valence-electron chi connectivity index (χ1n) is 9.58. The Morgan fingerprint density at radius 2 is 1.38 bits per heavy atom. The molecule has 11 nitrogen and oxygen atoms in total. The Hall–Kier alpha value is -4.67. The second-order valence-corrected chi connectivity index (χ2v) is 7.04. The van der Waals surface area contributed by atoms with E-state index < -0.39 is 0 Å². The van der Waals surface area contributed by atoms with Gasteiger partial charge in [0.15, 0.2) is 40.3 Å². The first-order valence-corrected chi connectivity index (χ1v) is 9.58. The van der Waals surface area contributed by atoms with Crippen LogP contribution in [0.5, 0.6) is 0 Å². The maximum absolute atomic E-state index is 11.4. The number of aromatic nitrogens is 3. The van der Waals surface area contributed by atoms with Gasteiger partial charge in [-0.15, -0.1) is 15.3 Å². The lowest BCUT2D eigenvalue weighted by molar-refractivity contribution is 0.101. The van der Waals surface area contributed by atoms with Crippen LogP contribution in [0.4, 0.5) is 40.2 Å². The van der Waals surface area contributed by atoms with Gasteiger partial charge in [0.05, 0.1) is 11.4 Å². The van der Waals surface area contributed by atoms with Crippen molar-refractivity contribution in [3.8, 4) is 0 Å². The number of nitrogens with zero attached hydrogens (tertiary/aromatic N) is 7. The number of azo groups is 2. The van der Waals surface area contributed by atoms with Gasteiger partial charge in [-0.25, -0.2) is 4.98 Å². The van der Waals surface area contributed by atoms with Gasteiger partial charge in [0, 0.05) is 5.56 Å². The smallest absolute Gasteiger partial charge is 0.189 e. The van der Waals surface area contributed by atoms with Crippen LogP contribution in [0.25, 0.3) is 5.65 Å². The van der Waals surface area contributed by atoms with Crippen molar-refractivity contribution in [2.45, 2.75) is 13.8 Å². The van der Waals surface area contributed by atoms with Crippen molar-refractivity contribution in [1.82, 2.24) is 14.6 Å². The largest absolute Gasteiger partial charge is 0.382 e. The first kappa shape index (κ1) is 20.6. The van der Waals surface area contributed by atoms with Gasteiger partial charge in [-0.05, 0) is 50.2 Å². The summed E-state index contributed by atoms with van der Waals surface area (Å²) in [4.78, 5) is 15.7. The van der Waals surface area contributed by atoms with E-state index in [1.165, 1.54) is 11.4 Å². The van der Waals surface area contributed by atoms with Crippen LogP contribution in [-0.4, -0.2) is 20.4 Å². The zero-order valence-corrected chi connectivity index (χ0v) is 17.4. The number of aryl methyl sites for hydroxylation is 1. The van der Waals surface area contributed by atoms with Gasteiger partial charge >= 0.3 is 0 Å². The van der Waals surface area contributed by atoms with Crippen molar-refractivity contribution in [2.24, 2.45) is 20.5 Å². The Morgan fingerprint density at radius 3 is 1.97 bits per heavy atom. The quantitative estimate of drug-likeness (QED) is 0.303. The van der Waals surface area contributed by atoms with E-state index in [1.807, 2.05) is 31.2 Å². The van der Waals surface area contributed by atoms with Crippen molar-refractivity contribution < 1.29 is 4.79 Å². The number of nitrogens with two attached hydrogens (primary N) is 3. The number of hydrogen-bond acceptors (Lipinski definition) is 10. The molecule has 160 valence electrons. The fourth-order valence-corrected chi connectivity index (χ4v) is 2.87. The van der Waals surface area contributed by atoms with E-state index >= 15 is 0 Å². The second-order valence-electron chi connectivity index (χ2n) is 7.04. The summed E-state index contributed by atoms with van der Waals surface area (Å²) in [5.41, 5.74) is 21.8. The number of anilines is 3. The molecule has 4 rings (SSSR count). The van der Waals surface area contributed by atoms with Crippen molar-refractivity contribution in [3.05, 3.63) is 59.7 Å². The molecule has 11 heteroatoms. The molecule has 0 radical (unpaired) electrons. The molecule has 0 atom stereocenters. The standard InChI is InChI=1S/C21H20N10O/c1-11-3-7-14(8-4-11)27-29-17-19(23)30-31-20(24)16(18(22)25-21(17)31)28-26-15-9-5-13(6-10-15)12(2)32/h3-10H,24H2,1-2H3,(H2,22,25)(H2,23,30). The molecule has 0 saturated heterocycles. The van der Waals surface area contributed by atoms with Gasteiger partial charge in [-0.3, -0.25) is 4.79 Å². The Morgan fingerprint density at radius 1 is 0.812 bits per heavy atom. The minimum absolute atomic E-state index is 0.0331. The van der Waals surface area contributed by atoms with E-state index in [0.29, 0.717) is 16.9 Å². The van der Waals surface area contributed by atoms with Crippen LogP contribution in [0.15, 0.2) is 69.0 Å². The first-order chi connectivity index (χ1) is 15.3. The van der Waals surface area contributed by atoms with Crippen LogP contribution in [0, 0.1) is 6.92 Å². The molecule has 2 aromatic heterocycles. The van der Waals surface area contributed by atoms with Gasteiger partial charge < -0.3 is 17.2 Å². The van der Waals surface area contributed by atoms with Gasteiger partial charge in [-0.1, -0.05) is 17.7 Å². The fourth-order valence-electron chi connectivity index (χ4n) is 2.87. The third-order valence-corrected chi connectivity index (χ3v) is 4.64. The predicted molar refractivity (Wildman–Crippen MR) is 122 cm³/mol. The lowest BCUT2D eigenvalue weighted by Gasteiger charge is -2.05. The SMILES string of the molecule is CC(=O)c1ccc(N=Nc2c(N)nc3c(N=Nc4ccc(C)cc4)c(N)nn3c2N)cc1. The van der Waals surface area contributed by atoms with Crippen LogP contribution < -0.4 is 17.2 Å². The lowest BCUT2D eigenvalue weighted by atomic mass is 10.1. The number of Topliss-reactive ketones (excluding diaryl/α,β-unsaturated/α-hetero) is 1. The Labute approximate surface area is 182 Å². The summed E-state index contributed by atoms with van der Waals surface area (Å²) >= 11 is 0. The average molecular weight is 428 g/mol. The molecule has 0 spiro atoms. The molecule has 0 aliphatic rings. The molecule has 0 fully saturated rings. The second kappa shape index (κ2) is 8.22. The fraction of sp³-hybridized carbons (Fsp3) is 0.0952. The van der Waals surface area contributed by atoms with E-state index in [9.17, 15) is 4.79 Å². The molecule has 6 N–H and O–H groups in total. The van der Waals surface area contributed by atoms with Crippen molar-refractivity contribution in [1.29, 1.82) is 0 Å². The third kappa shape index (κ3) is 3.99. The summed E-state index contributed by atoms with van der Waals surface area (Å²) in [6, 6.07) is 14.1. The highest BCUT2D eigenvalue weighted by Gasteiger charge is 2.18. The molecule has 0 amide bonds. The number of fused-ring (bicyclic) bond motifs is 1. The molecule has 2 heterocycles. The van der Waals surface area contributed by atoms with Crippen molar-refractivity contribution in [3.63, 3.8) is 0 Å². The average Bonchev–Trinajstić information content (AvgIpc) is 3.08. The number of hydrogen-bond donors (Lipinski definition) is 3. The molecular weight excluding hydrogens is 408 g/mol. The van der Waals surface area contributed by atoms with E-state index in [1.54, 1.807) is 24.3 Å². The van der Waals surface area contributed by atoms with E-state index in [2.05, 4.69) is 30.5 Å². The van der Waals surface area contributed by atoms with Crippen molar-refractivity contribution in [2.75, 3.05) is 17.2 Å². The molecular formula is C21H20N10O. The molecule has 0 unspecified atom stereocenters. The summed E-state index contributed by atoms with van der Waals surface area (Å²) < 4.78 is 1.29. The lowest BCUT2D eigenvalue weighted by Crippen LogP contribution is -2.04. The van der Waals surface area contributed by atoms with E-state index in [-0.39, 0.29) is 40.3 Å². The molecule has 32 heavy (non-hydrogen) atoms. The van der Waals surface area contributed by atoms with Crippen LogP contribution in [-0.2, 0) is 0 Å². The molecule has 0 saturated carbocycles. The summed E-state index contributed by atoms with van der Waals surface area (Å²) in [5.74, 6) is 0.183. The number of ketones is 1. The maximum Gasteiger partial charge on any atom is 0.189 e. The molecule has 2 aromatic carbocycles. The van der Waals surface area contributed by atoms with Crippen LogP contribution in [0.3, 0.4) is 0 Å². The van der Waals surface area contributed by atoms with Crippen LogP contribution >= 0.6 is 0 Å². The highest BCUT2D eigenvalue weighted by molar-refractivity contribution is 5.94. The Balaban J connectivity index is 1.69. The molecule has 0 aliphatic heterocycles. The Bertz CT molecular complexity index is 1370. The minimum atomic E-state index is -0.0387. The molecule has 0 aliphatic carbocycles. The normalized spacial score (nSPS) is 11.7. The number of nitrogen functional groups attached to an aromatic ring is 3. The summed E-state index contributed by atoms with van der Waals surface area (Å²) in [6.45, 7) is 3.47.